The van der Waals surface area contributed by atoms with E-state index in [-0.39, 0.29) is 11.6 Å². The number of aromatic nitrogens is 2. The van der Waals surface area contributed by atoms with Gasteiger partial charge in [0.1, 0.15) is 5.65 Å². The summed E-state index contributed by atoms with van der Waals surface area (Å²) < 4.78 is 12.8. The smallest absolute Gasteiger partial charge is 0.258 e. The molecule has 1 atom stereocenters. The summed E-state index contributed by atoms with van der Waals surface area (Å²) in [6.07, 6.45) is 2.71. The SMILES string of the molecule is COc1cc2c(cc1OC)[C@H](c1ccccc1)N(Cc1cc(=O)n3cc(C)ccc3n1)CC2. The van der Waals surface area contributed by atoms with Gasteiger partial charge in [0, 0.05) is 25.4 Å². The molecule has 3 heterocycles. The Labute approximate surface area is 193 Å². The first-order chi connectivity index (χ1) is 16.1. The quantitative estimate of drug-likeness (QED) is 0.465. The number of benzene rings is 2. The van der Waals surface area contributed by atoms with Crippen LogP contribution >= 0.6 is 0 Å². The van der Waals surface area contributed by atoms with Crippen molar-refractivity contribution in [1.82, 2.24) is 14.3 Å². The maximum Gasteiger partial charge on any atom is 0.258 e. The third-order valence-corrected chi connectivity index (χ3v) is 6.31. The summed E-state index contributed by atoms with van der Waals surface area (Å²) in [7, 11) is 3.33. The van der Waals surface area contributed by atoms with E-state index in [0.29, 0.717) is 12.2 Å². The lowest BCUT2D eigenvalue weighted by Crippen LogP contribution is -2.36. The van der Waals surface area contributed by atoms with Gasteiger partial charge in [0.05, 0.1) is 26.0 Å². The van der Waals surface area contributed by atoms with Crippen LogP contribution in [-0.4, -0.2) is 35.0 Å². The molecular formula is C27H27N3O3. The maximum atomic E-state index is 12.8. The van der Waals surface area contributed by atoms with Gasteiger partial charge < -0.3 is 9.47 Å². The second-order valence-electron chi connectivity index (χ2n) is 8.46. The topological polar surface area (TPSA) is 56.1 Å². The fourth-order valence-corrected chi connectivity index (χ4v) is 4.74. The first-order valence-corrected chi connectivity index (χ1v) is 11.1. The van der Waals surface area contributed by atoms with Crippen molar-refractivity contribution in [2.75, 3.05) is 20.8 Å². The highest BCUT2D eigenvalue weighted by molar-refractivity contribution is 5.51. The molecule has 168 valence electrons. The highest BCUT2D eigenvalue weighted by atomic mass is 16.5. The minimum absolute atomic E-state index is 0.0213. The average Bonchev–Trinajstić information content (AvgIpc) is 2.84. The van der Waals surface area contributed by atoms with Crippen LogP contribution in [0.25, 0.3) is 5.65 Å². The molecule has 0 fully saturated rings. The van der Waals surface area contributed by atoms with Crippen molar-refractivity contribution in [3.8, 4) is 11.5 Å². The summed E-state index contributed by atoms with van der Waals surface area (Å²) in [5.41, 5.74) is 6.05. The highest BCUT2D eigenvalue weighted by Crippen LogP contribution is 2.41. The average molecular weight is 442 g/mol. The van der Waals surface area contributed by atoms with Crippen LogP contribution in [0.2, 0.25) is 0 Å². The van der Waals surface area contributed by atoms with E-state index in [0.717, 1.165) is 35.7 Å². The molecular weight excluding hydrogens is 414 g/mol. The van der Waals surface area contributed by atoms with Gasteiger partial charge in [-0.15, -0.1) is 0 Å². The van der Waals surface area contributed by atoms with Crippen molar-refractivity contribution in [2.45, 2.75) is 25.9 Å². The lowest BCUT2D eigenvalue weighted by atomic mass is 9.87. The molecule has 2 aromatic carbocycles. The van der Waals surface area contributed by atoms with Crippen molar-refractivity contribution in [1.29, 1.82) is 0 Å². The Bertz CT molecular complexity index is 1360. The van der Waals surface area contributed by atoms with Crippen LogP contribution in [0.15, 0.2) is 71.7 Å². The Morgan fingerprint density at radius 3 is 2.52 bits per heavy atom. The number of methoxy groups -OCH3 is 2. The van der Waals surface area contributed by atoms with Crippen molar-refractivity contribution < 1.29 is 9.47 Å². The van der Waals surface area contributed by atoms with E-state index in [1.165, 1.54) is 16.7 Å². The number of nitrogens with zero attached hydrogens (tertiary/aromatic N) is 3. The molecule has 0 radical (unpaired) electrons. The number of aryl methyl sites for hydroxylation is 1. The second-order valence-corrected chi connectivity index (χ2v) is 8.46. The Kier molecular flexibility index (Phi) is 5.60. The Morgan fingerprint density at radius 1 is 1.00 bits per heavy atom. The molecule has 1 aliphatic heterocycles. The molecule has 0 unspecified atom stereocenters. The normalized spacial score (nSPS) is 15.9. The summed E-state index contributed by atoms with van der Waals surface area (Å²) in [5, 5.41) is 0. The molecule has 0 saturated heterocycles. The zero-order chi connectivity index (χ0) is 22.9. The minimum Gasteiger partial charge on any atom is -0.493 e. The van der Waals surface area contributed by atoms with Gasteiger partial charge in [0.25, 0.3) is 5.56 Å². The Morgan fingerprint density at radius 2 is 1.76 bits per heavy atom. The van der Waals surface area contributed by atoms with E-state index >= 15 is 0 Å². The number of hydrogen-bond acceptors (Lipinski definition) is 5. The first-order valence-electron chi connectivity index (χ1n) is 11.1. The standard InChI is InChI=1S/C27H27N3O3/c1-18-9-10-25-28-21(14-26(31)30(25)16-18)17-29-12-11-20-13-23(32-2)24(33-3)15-22(20)27(29)19-7-5-4-6-8-19/h4-10,13-16,27H,11-12,17H2,1-3H3/t27-/m0/s1. The Balaban J connectivity index is 1.58. The fourth-order valence-electron chi connectivity index (χ4n) is 4.74. The molecule has 1 aliphatic rings. The van der Waals surface area contributed by atoms with Crippen molar-refractivity contribution in [3.05, 3.63) is 105 Å². The molecule has 0 bridgehead atoms. The molecule has 0 amide bonds. The number of fused-ring (bicyclic) bond motifs is 2. The lowest BCUT2D eigenvalue weighted by molar-refractivity contribution is 0.201. The summed E-state index contributed by atoms with van der Waals surface area (Å²) in [4.78, 5) is 19.9. The molecule has 4 aromatic rings. The van der Waals surface area contributed by atoms with Gasteiger partial charge in [-0.1, -0.05) is 36.4 Å². The molecule has 0 saturated carbocycles. The summed E-state index contributed by atoms with van der Waals surface area (Å²) in [6.45, 7) is 3.39. The molecule has 0 spiro atoms. The third kappa shape index (κ3) is 3.98. The highest BCUT2D eigenvalue weighted by Gasteiger charge is 2.30. The fraction of sp³-hybridized carbons (Fsp3) is 0.259. The van der Waals surface area contributed by atoms with Gasteiger partial charge in [-0.2, -0.15) is 0 Å². The van der Waals surface area contributed by atoms with Crippen molar-refractivity contribution >= 4 is 5.65 Å². The van der Waals surface area contributed by atoms with E-state index in [1.54, 1.807) is 24.7 Å². The molecule has 6 heteroatoms. The molecule has 5 rings (SSSR count). The van der Waals surface area contributed by atoms with Crippen LogP contribution in [0.1, 0.15) is 34.0 Å². The van der Waals surface area contributed by atoms with Crippen LogP contribution in [0.3, 0.4) is 0 Å². The van der Waals surface area contributed by atoms with Gasteiger partial charge in [-0.25, -0.2) is 4.98 Å². The zero-order valence-corrected chi connectivity index (χ0v) is 19.1. The lowest BCUT2D eigenvalue weighted by Gasteiger charge is -2.38. The van der Waals surface area contributed by atoms with E-state index in [2.05, 4.69) is 41.3 Å². The van der Waals surface area contributed by atoms with Crippen molar-refractivity contribution in [3.63, 3.8) is 0 Å². The first kappa shape index (κ1) is 21.2. The molecule has 0 N–H and O–H groups in total. The van der Waals surface area contributed by atoms with E-state index in [9.17, 15) is 4.79 Å². The molecule has 6 nitrogen and oxygen atoms in total. The van der Waals surface area contributed by atoms with Crippen LogP contribution in [0.4, 0.5) is 0 Å². The number of rotatable bonds is 5. The summed E-state index contributed by atoms with van der Waals surface area (Å²) in [6, 6.07) is 20.2. The zero-order valence-electron chi connectivity index (χ0n) is 19.1. The van der Waals surface area contributed by atoms with Crippen LogP contribution in [-0.2, 0) is 13.0 Å². The largest absolute Gasteiger partial charge is 0.493 e. The number of pyridine rings is 1. The third-order valence-electron chi connectivity index (χ3n) is 6.31. The number of ether oxygens (including phenoxy) is 2. The minimum atomic E-state index is -0.0567. The van der Waals surface area contributed by atoms with E-state index < -0.39 is 0 Å². The predicted octanol–water partition coefficient (Wildman–Crippen LogP) is 4.17. The van der Waals surface area contributed by atoms with Gasteiger partial charge in [-0.3, -0.25) is 14.1 Å². The van der Waals surface area contributed by atoms with Crippen LogP contribution in [0, 0.1) is 6.92 Å². The molecule has 2 aromatic heterocycles. The number of hydrogen-bond donors (Lipinski definition) is 0. The van der Waals surface area contributed by atoms with Gasteiger partial charge in [0.15, 0.2) is 11.5 Å². The van der Waals surface area contributed by atoms with E-state index in [1.807, 2.05) is 31.3 Å². The summed E-state index contributed by atoms with van der Waals surface area (Å²) in [5.74, 6) is 1.47. The van der Waals surface area contributed by atoms with Gasteiger partial charge >= 0.3 is 0 Å². The van der Waals surface area contributed by atoms with Crippen molar-refractivity contribution in [2.24, 2.45) is 0 Å². The van der Waals surface area contributed by atoms with Gasteiger partial charge in [0.2, 0.25) is 0 Å². The van der Waals surface area contributed by atoms with Crippen LogP contribution < -0.4 is 15.0 Å². The second kappa shape index (κ2) is 8.71. The van der Waals surface area contributed by atoms with E-state index in [4.69, 9.17) is 14.5 Å². The Hall–Kier alpha value is -3.64. The summed E-state index contributed by atoms with van der Waals surface area (Å²) >= 11 is 0. The maximum absolute atomic E-state index is 12.8. The molecule has 0 aliphatic carbocycles. The monoisotopic (exact) mass is 441 g/mol. The molecule has 33 heavy (non-hydrogen) atoms. The van der Waals surface area contributed by atoms with Gasteiger partial charge in [-0.05, 0) is 53.8 Å². The van der Waals surface area contributed by atoms with Crippen LogP contribution in [0.5, 0.6) is 11.5 Å². The predicted molar refractivity (Wildman–Crippen MR) is 128 cm³/mol.